The number of halogens is 2. The molecule has 0 amide bonds. The van der Waals surface area contributed by atoms with E-state index in [-0.39, 0.29) is 26.5 Å². The van der Waals surface area contributed by atoms with Crippen molar-refractivity contribution >= 4 is 23.2 Å². The Kier molecular flexibility index (Phi) is 6.73. The van der Waals surface area contributed by atoms with Gasteiger partial charge in [0.05, 0.1) is 0 Å². The van der Waals surface area contributed by atoms with Crippen LogP contribution in [0, 0.1) is 5.41 Å². The van der Waals surface area contributed by atoms with Crippen molar-refractivity contribution in [3.8, 4) is 0 Å². The molecule has 2 nitrogen and oxygen atoms in total. The van der Waals surface area contributed by atoms with E-state index in [1.165, 1.54) is 0 Å². The Morgan fingerprint density at radius 1 is 1.27 bits per heavy atom. The van der Waals surface area contributed by atoms with Crippen molar-refractivity contribution in [3.63, 3.8) is 0 Å². The van der Waals surface area contributed by atoms with Crippen molar-refractivity contribution in [2.45, 2.75) is 24.7 Å². The SMILES string of the molecule is CC(C)(CCN)C(N)(Cl)Cl.[Pt+2]. The standard InChI is InChI=1S/C6H14Cl2N2.Pt/c1-5(2,3-4-9)6(7,8)10;/h3-4,9-10H2,1-2H3;/q;+2. The second-order valence-electron chi connectivity index (χ2n) is 3.05. The summed E-state index contributed by atoms with van der Waals surface area (Å²) in [4.78, 5) is 0. The number of rotatable bonds is 3. The molecule has 5 heteroatoms. The van der Waals surface area contributed by atoms with Gasteiger partial charge in [0.25, 0.3) is 0 Å². The topological polar surface area (TPSA) is 52.0 Å². The number of hydrogen-bond acceptors (Lipinski definition) is 2. The van der Waals surface area contributed by atoms with Crippen molar-refractivity contribution < 1.29 is 21.1 Å². The Morgan fingerprint density at radius 2 is 1.64 bits per heavy atom. The summed E-state index contributed by atoms with van der Waals surface area (Å²) in [6, 6.07) is 0. The maximum absolute atomic E-state index is 5.69. The Bertz CT molecular complexity index is 112. The van der Waals surface area contributed by atoms with E-state index in [1.54, 1.807) is 0 Å². The molecular weight excluding hydrogens is 366 g/mol. The average molecular weight is 380 g/mol. The molecule has 0 aromatic carbocycles. The van der Waals surface area contributed by atoms with Gasteiger partial charge in [-0.15, -0.1) is 0 Å². The first kappa shape index (κ1) is 14.7. The smallest absolute Gasteiger partial charge is 0.330 e. The van der Waals surface area contributed by atoms with Crippen LogP contribution in [0.5, 0.6) is 0 Å². The van der Waals surface area contributed by atoms with E-state index in [0.717, 1.165) is 6.42 Å². The molecule has 0 saturated heterocycles. The molecule has 0 aromatic rings. The zero-order chi connectivity index (χ0) is 8.41. The molecule has 4 N–H and O–H groups in total. The number of hydrogen-bond donors (Lipinski definition) is 2. The van der Waals surface area contributed by atoms with Crippen LogP contribution in [-0.2, 0) is 21.1 Å². The van der Waals surface area contributed by atoms with Gasteiger partial charge < -0.3 is 5.73 Å². The Morgan fingerprint density at radius 3 is 1.73 bits per heavy atom. The first-order valence-electron chi connectivity index (χ1n) is 3.18. The molecule has 0 atom stereocenters. The summed E-state index contributed by atoms with van der Waals surface area (Å²) < 4.78 is -1.19. The normalized spacial score (nSPS) is 12.5. The Hall–Kier alpha value is 1.19. The van der Waals surface area contributed by atoms with Gasteiger partial charge in [-0.05, 0) is 13.0 Å². The summed E-state index contributed by atoms with van der Waals surface area (Å²) in [5.74, 6) is 0. The fraction of sp³-hybridized carbons (Fsp3) is 1.00. The van der Waals surface area contributed by atoms with E-state index in [1.807, 2.05) is 13.8 Å². The summed E-state index contributed by atoms with van der Waals surface area (Å²) in [5.41, 5.74) is 10.5. The van der Waals surface area contributed by atoms with E-state index in [2.05, 4.69) is 0 Å². The van der Waals surface area contributed by atoms with Crippen molar-refractivity contribution in [3.05, 3.63) is 0 Å². The molecule has 0 aliphatic rings. The number of nitrogens with two attached hydrogens (primary N) is 2. The zero-order valence-corrected chi connectivity index (χ0v) is 10.4. The van der Waals surface area contributed by atoms with Crippen LogP contribution in [0.2, 0.25) is 0 Å². The molecule has 0 spiro atoms. The molecule has 70 valence electrons. The minimum absolute atomic E-state index is 0. The van der Waals surface area contributed by atoms with Gasteiger partial charge in [0, 0.05) is 5.41 Å². The summed E-state index contributed by atoms with van der Waals surface area (Å²) in [5, 5.41) is 0. The van der Waals surface area contributed by atoms with Gasteiger partial charge in [0.1, 0.15) is 0 Å². The van der Waals surface area contributed by atoms with Crippen molar-refractivity contribution in [1.29, 1.82) is 0 Å². The quantitative estimate of drug-likeness (QED) is 0.576. The molecule has 0 radical (unpaired) electrons. The Balaban J connectivity index is 0. The van der Waals surface area contributed by atoms with E-state index in [9.17, 15) is 0 Å². The van der Waals surface area contributed by atoms with Gasteiger partial charge in [-0.3, -0.25) is 5.73 Å². The minimum atomic E-state index is -1.19. The first-order chi connectivity index (χ1) is 4.31. The van der Waals surface area contributed by atoms with Gasteiger partial charge in [-0.2, -0.15) is 0 Å². The summed E-state index contributed by atoms with van der Waals surface area (Å²) >= 11 is 11.4. The molecule has 0 rings (SSSR count). The van der Waals surface area contributed by atoms with Crippen molar-refractivity contribution in [2.75, 3.05) is 6.54 Å². The number of alkyl halides is 2. The first-order valence-corrected chi connectivity index (χ1v) is 3.93. The predicted octanol–water partition coefficient (Wildman–Crippen LogP) is 1.45. The molecule has 0 aromatic heterocycles. The molecule has 0 bridgehead atoms. The van der Waals surface area contributed by atoms with Crippen LogP contribution >= 0.6 is 23.2 Å². The third-order valence-corrected chi connectivity index (χ3v) is 2.69. The molecule has 0 aliphatic carbocycles. The van der Waals surface area contributed by atoms with E-state index in [4.69, 9.17) is 34.7 Å². The second kappa shape index (κ2) is 5.03. The van der Waals surface area contributed by atoms with Gasteiger partial charge in [-0.25, -0.2) is 0 Å². The van der Waals surface area contributed by atoms with Crippen LogP contribution in [0.3, 0.4) is 0 Å². The van der Waals surface area contributed by atoms with Crippen LogP contribution in [0.1, 0.15) is 20.3 Å². The van der Waals surface area contributed by atoms with Crippen molar-refractivity contribution in [2.24, 2.45) is 16.9 Å². The average Bonchev–Trinajstić information content (AvgIpc) is 1.61. The van der Waals surface area contributed by atoms with Crippen LogP contribution < -0.4 is 11.5 Å². The molecular formula is C6H14Cl2N2Pt+2. The predicted molar refractivity (Wildman–Crippen MR) is 46.1 cm³/mol. The zero-order valence-electron chi connectivity index (χ0n) is 6.64. The molecule has 11 heavy (non-hydrogen) atoms. The van der Waals surface area contributed by atoms with Crippen LogP contribution in [0.25, 0.3) is 0 Å². The van der Waals surface area contributed by atoms with E-state index >= 15 is 0 Å². The van der Waals surface area contributed by atoms with Gasteiger partial charge >= 0.3 is 21.1 Å². The molecule has 0 fully saturated rings. The molecule has 0 saturated carbocycles. The van der Waals surface area contributed by atoms with Gasteiger partial charge in [-0.1, -0.05) is 37.0 Å². The monoisotopic (exact) mass is 379 g/mol. The molecule has 0 heterocycles. The summed E-state index contributed by atoms with van der Waals surface area (Å²) in [6.45, 7) is 4.32. The van der Waals surface area contributed by atoms with Crippen LogP contribution in [-0.4, -0.2) is 11.0 Å². The fourth-order valence-electron chi connectivity index (χ4n) is 0.528. The fourth-order valence-corrected chi connectivity index (χ4v) is 0.716. The minimum Gasteiger partial charge on any atom is -0.330 e. The maximum Gasteiger partial charge on any atom is 2.00 e. The maximum atomic E-state index is 5.69. The van der Waals surface area contributed by atoms with Crippen molar-refractivity contribution in [1.82, 2.24) is 0 Å². The largest absolute Gasteiger partial charge is 2.00 e. The van der Waals surface area contributed by atoms with Crippen LogP contribution in [0.4, 0.5) is 0 Å². The second-order valence-corrected chi connectivity index (χ2v) is 4.43. The van der Waals surface area contributed by atoms with E-state index < -0.39 is 4.46 Å². The van der Waals surface area contributed by atoms with Gasteiger partial charge in [0.15, 0.2) is 4.46 Å². The summed E-state index contributed by atoms with van der Waals surface area (Å²) in [6.07, 6.45) is 0.719. The Labute approximate surface area is 92.2 Å². The molecule has 0 aliphatic heterocycles. The summed E-state index contributed by atoms with van der Waals surface area (Å²) in [7, 11) is 0. The van der Waals surface area contributed by atoms with Gasteiger partial charge in [0.2, 0.25) is 0 Å². The third kappa shape index (κ3) is 4.69. The third-order valence-electron chi connectivity index (χ3n) is 1.67. The molecule has 0 unspecified atom stereocenters. The van der Waals surface area contributed by atoms with Crippen LogP contribution in [0.15, 0.2) is 0 Å². The van der Waals surface area contributed by atoms with E-state index in [0.29, 0.717) is 6.54 Å².